The summed E-state index contributed by atoms with van der Waals surface area (Å²) in [5, 5.41) is 12.7. The van der Waals surface area contributed by atoms with Crippen molar-refractivity contribution in [2.24, 2.45) is 0 Å². The normalized spacial score (nSPS) is 12.2. The van der Waals surface area contributed by atoms with Crippen LogP contribution in [0.5, 0.6) is 0 Å². The number of hydrogen-bond donors (Lipinski definition) is 2. The number of benzene rings is 1. The third-order valence-corrected chi connectivity index (χ3v) is 3.13. The van der Waals surface area contributed by atoms with Gasteiger partial charge in [0.1, 0.15) is 0 Å². The van der Waals surface area contributed by atoms with Gasteiger partial charge in [0.15, 0.2) is 0 Å². The van der Waals surface area contributed by atoms with E-state index in [2.05, 4.69) is 26.0 Å². The van der Waals surface area contributed by atoms with E-state index in [1.165, 1.54) is 12.7 Å². The monoisotopic (exact) mass is 315 g/mol. The molecule has 1 aromatic rings. The number of rotatable bonds is 6. The van der Waals surface area contributed by atoms with Crippen molar-refractivity contribution in [1.29, 1.82) is 0 Å². The topological polar surface area (TPSA) is 58.6 Å². The SMILES string of the molecule is COC(=O)CC(O)CNCc1cc(Br)ccc1C. The lowest BCUT2D eigenvalue weighted by atomic mass is 10.1. The molecule has 5 heteroatoms. The first kappa shape index (κ1) is 15.1. The van der Waals surface area contributed by atoms with Crippen LogP contribution in [0.1, 0.15) is 17.5 Å². The summed E-state index contributed by atoms with van der Waals surface area (Å²) < 4.78 is 5.52. The van der Waals surface area contributed by atoms with Crippen LogP contribution in [0.25, 0.3) is 0 Å². The van der Waals surface area contributed by atoms with E-state index >= 15 is 0 Å². The lowest BCUT2D eigenvalue weighted by Gasteiger charge is -2.12. The summed E-state index contributed by atoms with van der Waals surface area (Å²) in [5.74, 6) is -0.400. The Morgan fingerprint density at radius 3 is 2.94 bits per heavy atom. The van der Waals surface area contributed by atoms with Crippen LogP contribution in [0.4, 0.5) is 0 Å². The average Bonchev–Trinajstić information content (AvgIpc) is 2.33. The average molecular weight is 316 g/mol. The van der Waals surface area contributed by atoms with Gasteiger partial charge in [-0.15, -0.1) is 0 Å². The summed E-state index contributed by atoms with van der Waals surface area (Å²) in [7, 11) is 1.31. The van der Waals surface area contributed by atoms with E-state index in [1.54, 1.807) is 0 Å². The van der Waals surface area contributed by atoms with Gasteiger partial charge in [-0.3, -0.25) is 4.79 Å². The number of carbonyl (C=O) groups is 1. The van der Waals surface area contributed by atoms with Crippen LogP contribution in [-0.4, -0.2) is 30.8 Å². The Bertz CT molecular complexity index is 409. The summed E-state index contributed by atoms with van der Waals surface area (Å²) in [6.07, 6.45) is -0.703. The van der Waals surface area contributed by atoms with Gasteiger partial charge < -0.3 is 15.2 Å². The van der Waals surface area contributed by atoms with Crippen molar-refractivity contribution in [1.82, 2.24) is 5.32 Å². The number of hydrogen-bond acceptors (Lipinski definition) is 4. The van der Waals surface area contributed by atoms with Gasteiger partial charge in [0.2, 0.25) is 0 Å². The van der Waals surface area contributed by atoms with E-state index in [4.69, 9.17) is 0 Å². The Kier molecular flexibility index (Phi) is 6.32. The molecule has 2 N–H and O–H groups in total. The largest absolute Gasteiger partial charge is 0.469 e. The third kappa shape index (κ3) is 5.16. The maximum absolute atomic E-state index is 10.9. The van der Waals surface area contributed by atoms with E-state index in [9.17, 15) is 9.90 Å². The van der Waals surface area contributed by atoms with Crippen LogP contribution < -0.4 is 5.32 Å². The van der Waals surface area contributed by atoms with Crippen LogP contribution in [-0.2, 0) is 16.1 Å². The molecule has 0 aliphatic carbocycles. The Morgan fingerprint density at radius 2 is 2.28 bits per heavy atom. The quantitative estimate of drug-likeness (QED) is 0.786. The molecule has 0 bridgehead atoms. The minimum absolute atomic E-state index is 0.0148. The molecule has 0 aliphatic heterocycles. The number of methoxy groups -OCH3 is 1. The lowest BCUT2D eigenvalue weighted by Crippen LogP contribution is -2.28. The summed E-state index contributed by atoms with van der Waals surface area (Å²) in [4.78, 5) is 10.9. The molecule has 0 heterocycles. The summed E-state index contributed by atoms with van der Waals surface area (Å²) in [6, 6.07) is 6.06. The highest BCUT2D eigenvalue weighted by molar-refractivity contribution is 9.10. The van der Waals surface area contributed by atoms with E-state index < -0.39 is 12.1 Å². The highest BCUT2D eigenvalue weighted by Gasteiger charge is 2.10. The van der Waals surface area contributed by atoms with Gasteiger partial charge in [0.25, 0.3) is 0 Å². The second-order valence-electron chi connectivity index (χ2n) is 4.14. The number of aliphatic hydroxyl groups excluding tert-OH is 1. The van der Waals surface area contributed by atoms with E-state index in [0.29, 0.717) is 13.1 Å². The molecule has 4 nitrogen and oxygen atoms in total. The fourth-order valence-electron chi connectivity index (χ4n) is 1.55. The fraction of sp³-hybridized carbons (Fsp3) is 0.462. The lowest BCUT2D eigenvalue weighted by molar-refractivity contribution is -0.142. The van der Waals surface area contributed by atoms with E-state index in [0.717, 1.165) is 10.0 Å². The second-order valence-corrected chi connectivity index (χ2v) is 5.05. The maximum Gasteiger partial charge on any atom is 0.308 e. The molecule has 18 heavy (non-hydrogen) atoms. The van der Waals surface area contributed by atoms with Crippen molar-refractivity contribution in [3.05, 3.63) is 33.8 Å². The molecule has 0 amide bonds. The number of esters is 1. The first-order chi connectivity index (χ1) is 8.52. The van der Waals surface area contributed by atoms with Gasteiger partial charge in [-0.2, -0.15) is 0 Å². The molecule has 0 aromatic heterocycles. The van der Waals surface area contributed by atoms with Crippen LogP contribution >= 0.6 is 15.9 Å². The van der Waals surface area contributed by atoms with Crippen molar-refractivity contribution in [2.45, 2.75) is 26.0 Å². The Morgan fingerprint density at radius 1 is 1.56 bits per heavy atom. The van der Waals surface area contributed by atoms with Crippen molar-refractivity contribution in [3.63, 3.8) is 0 Å². The maximum atomic E-state index is 10.9. The van der Waals surface area contributed by atoms with Gasteiger partial charge in [-0.1, -0.05) is 22.0 Å². The van der Waals surface area contributed by atoms with Crippen molar-refractivity contribution in [2.75, 3.05) is 13.7 Å². The standard InChI is InChI=1S/C13H18BrNO3/c1-9-3-4-11(14)5-10(9)7-15-8-12(16)6-13(17)18-2/h3-5,12,15-16H,6-8H2,1-2H3. The molecular weight excluding hydrogens is 298 g/mol. The van der Waals surface area contributed by atoms with Gasteiger partial charge in [0.05, 0.1) is 19.6 Å². The molecule has 1 rings (SSSR count). The minimum Gasteiger partial charge on any atom is -0.469 e. The molecule has 1 aromatic carbocycles. The van der Waals surface area contributed by atoms with Crippen molar-refractivity contribution >= 4 is 21.9 Å². The molecule has 0 spiro atoms. The molecule has 0 fully saturated rings. The van der Waals surface area contributed by atoms with Gasteiger partial charge in [0, 0.05) is 17.6 Å². The zero-order valence-electron chi connectivity index (χ0n) is 10.6. The highest BCUT2D eigenvalue weighted by atomic mass is 79.9. The van der Waals surface area contributed by atoms with Crippen molar-refractivity contribution in [3.8, 4) is 0 Å². The zero-order valence-corrected chi connectivity index (χ0v) is 12.2. The molecular formula is C13H18BrNO3. The first-order valence-corrected chi connectivity index (χ1v) is 6.53. The van der Waals surface area contributed by atoms with Crippen LogP contribution in [0.2, 0.25) is 0 Å². The molecule has 0 aliphatic rings. The van der Waals surface area contributed by atoms with Crippen LogP contribution in [0, 0.1) is 6.92 Å². The molecule has 1 atom stereocenters. The molecule has 1 unspecified atom stereocenters. The van der Waals surface area contributed by atoms with Gasteiger partial charge in [-0.05, 0) is 30.2 Å². The van der Waals surface area contributed by atoms with Gasteiger partial charge >= 0.3 is 5.97 Å². The number of carbonyl (C=O) groups excluding carboxylic acids is 1. The molecule has 0 radical (unpaired) electrons. The highest BCUT2D eigenvalue weighted by Crippen LogP contribution is 2.15. The number of aryl methyl sites for hydroxylation is 1. The second kappa shape index (κ2) is 7.51. The fourth-order valence-corrected chi connectivity index (χ4v) is 1.96. The van der Waals surface area contributed by atoms with Crippen molar-refractivity contribution < 1.29 is 14.6 Å². The van der Waals surface area contributed by atoms with Crippen LogP contribution in [0.3, 0.4) is 0 Å². The molecule has 0 saturated heterocycles. The third-order valence-electron chi connectivity index (χ3n) is 2.64. The van der Waals surface area contributed by atoms with Crippen LogP contribution in [0.15, 0.2) is 22.7 Å². The Labute approximate surface area is 115 Å². The predicted molar refractivity (Wildman–Crippen MR) is 73.2 cm³/mol. The van der Waals surface area contributed by atoms with E-state index in [1.807, 2.05) is 25.1 Å². The number of nitrogens with one attached hydrogen (secondary N) is 1. The van der Waals surface area contributed by atoms with E-state index in [-0.39, 0.29) is 6.42 Å². The molecule has 100 valence electrons. The predicted octanol–water partition coefficient (Wildman–Crippen LogP) is 1.77. The summed E-state index contributed by atoms with van der Waals surface area (Å²) in [6.45, 7) is 3.05. The Hall–Kier alpha value is -0.910. The Balaban J connectivity index is 2.37. The summed E-state index contributed by atoms with van der Waals surface area (Å²) in [5.41, 5.74) is 2.35. The zero-order chi connectivity index (χ0) is 13.5. The van der Waals surface area contributed by atoms with Gasteiger partial charge in [-0.25, -0.2) is 0 Å². The first-order valence-electron chi connectivity index (χ1n) is 5.73. The minimum atomic E-state index is -0.718. The molecule has 0 saturated carbocycles. The number of halogens is 1. The summed E-state index contributed by atoms with van der Waals surface area (Å²) >= 11 is 3.42. The smallest absolute Gasteiger partial charge is 0.308 e. The number of aliphatic hydroxyl groups is 1. The number of ether oxygens (including phenoxy) is 1.